The number of benzene rings is 1. The van der Waals surface area contributed by atoms with Crippen LogP contribution in [0.2, 0.25) is 0 Å². The normalized spacial score (nSPS) is 19.2. The van der Waals surface area contributed by atoms with E-state index in [1.54, 1.807) is 13.2 Å². The Kier molecular flexibility index (Phi) is 4.51. The van der Waals surface area contributed by atoms with Crippen molar-refractivity contribution in [1.82, 2.24) is 5.32 Å². The largest absolute Gasteiger partial charge is 0.383 e. The zero-order valence-corrected chi connectivity index (χ0v) is 9.44. The Bertz CT molecular complexity index is 332. The van der Waals surface area contributed by atoms with Crippen molar-refractivity contribution >= 4 is 12.4 Å². The van der Waals surface area contributed by atoms with E-state index < -0.39 is 0 Å². The predicted molar refractivity (Wildman–Crippen MR) is 60.0 cm³/mol. The average molecular weight is 232 g/mol. The van der Waals surface area contributed by atoms with Gasteiger partial charge < -0.3 is 10.1 Å². The molecule has 0 fully saturated rings. The van der Waals surface area contributed by atoms with E-state index in [9.17, 15) is 4.39 Å². The topological polar surface area (TPSA) is 21.3 Å². The zero-order chi connectivity index (χ0) is 9.97. The molecule has 1 aromatic rings. The molecule has 0 radical (unpaired) electrons. The molecule has 2 rings (SSSR count). The van der Waals surface area contributed by atoms with Gasteiger partial charge in [-0.25, -0.2) is 4.39 Å². The van der Waals surface area contributed by atoms with Gasteiger partial charge in [0, 0.05) is 7.11 Å². The summed E-state index contributed by atoms with van der Waals surface area (Å²) >= 11 is 0. The summed E-state index contributed by atoms with van der Waals surface area (Å²) in [6.45, 7) is 1.42. The molecule has 1 aliphatic heterocycles. The number of fused-ring (bicyclic) bond motifs is 1. The van der Waals surface area contributed by atoms with E-state index in [1.165, 1.54) is 6.07 Å². The van der Waals surface area contributed by atoms with Gasteiger partial charge in [-0.3, -0.25) is 0 Å². The molecule has 2 nitrogen and oxygen atoms in total. The van der Waals surface area contributed by atoms with Gasteiger partial charge in [0.1, 0.15) is 5.82 Å². The molecule has 0 amide bonds. The maximum absolute atomic E-state index is 13.4. The lowest BCUT2D eigenvalue weighted by Crippen LogP contribution is -2.33. The highest BCUT2D eigenvalue weighted by Crippen LogP contribution is 2.24. The van der Waals surface area contributed by atoms with Crippen LogP contribution in [0.5, 0.6) is 0 Å². The monoisotopic (exact) mass is 231 g/mol. The minimum Gasteiger partial charge on any atom is -0.383 e. The summed E-state index contributed by atoms with van der Waals surface area (Å²) in [5.74, 6) is -0.0925. The van der Waals surface area contributed by atoms with Crippen molar-refractivity contribution in [2.24, 2.45) is 0 Å². The Morgan fingerprint density at radius 2 is 2.33 bits per heavy atom. The van der Waals surface area contributed by atoms with Crippen LogP contribution in [0.15, 0.2) is 18.2 Å². The summed E-state index contributed by atoms with van der Waals surface area (Å²) < 4.78 is 18.5. The van der Waals surface area contributed by atoms with Crippen LogP contribution in [0.25, 0.3) is 0 Å². The Labute approximate surface area is 95.2 Å². The predicted octanol–water partition coefficient (Wildman–Crippen LogP) is 2.08. The van der Waals surface area contributed by atoms with E-state index in [0.717, 1.165) is 24.1 Å². The van der Waals surface area contributed by atoms with Crippen LogP contribution in [0.4, 0.5) is 4.39 Å². The van der Waals surface area contributed by atoms with Crippen molar-refractivity contribution in [3.8, 4) is 0 Å². The molecule has 15 heavy (non-hydrogen) atoms. The first-order chi connectivity index (χ1) is 6.83. The van der Waals surface area contributed by atoms with Crippen LogP contribution in [0.3, 0.4) is 0 Å². The van der Waals surface area contributed by atoms with E-state index in [1.807, 2.05) is 6.07 Å². The van der Waals surface area contributed by atoms with Gasteiger partial charge in [-0.2, -0.15) is 0 Å². The minimum absolute atomic E-state index is 0. The Hall–Kier alpha value is -0.640. The van der Waals surface area contributed by atoms with Crippen LogP contribution in [-0.4, -0.2) is 20.3 Å². The number of hydrogen-bond acceptors (Lipinski definition) is 2. The smallest absolute Gasteiger partial charge is 0.126 e. The molecular formula is C11H15ClFNO. The molecule has 4 heteroatoms. The van der Waals surface area contributed by atoms with Crippen molar-refractivity contribution in [1.29, 1.82) is 0 Å². The molecule has 1 aliphatic rings. The molecule has 0 saturated heterocycles. The zero-order valence-electron chi connectivity index (χ0n) is 8.63. The first kappa shape index (κ1) is 12.4. The molecule has 1 heterocycles. The van der Waals surface area contributed by atoms with Crippen LogP contribution < -0.4 is 5.32 Å². The van der Waals surface area contributed by atoms with Gasteiger partial charge in [-0.05, 0) is 30.2 Å². The van der Waals surface area contributed by atoms with Gasteiger partial charge >= 0.3 is 0 Å². The number of nitrogens with one attached hydrogen (secondary N) is 1. The summed E-state index contributed by atoms with van der Waals surface area (Å²) in [6.07, 6.45) is 0.766. The van der Waals surface area contributed by atoms with E-state index in [2.05, 4.69) is 5.32 Å². The molecular weight excluding hydrogens is 217 g/mol. The van der Waals surface area contributed by atoms with Gasteiger partial charge in [-0.15, -0.1) is 12.4 Å². The molecule has 0 aliphatic carbocycles. The summed E-state index contributed by atoms with van der Waals surface area (Å²) in [5.41, 5.74) is 1.88. The third-order valence-electron chi connectivity index (χ3n) is 2.63. The van der Waals surface area contributed by atoms with E-state index >= 15 is 0 Å². The fourth-order valence-corrected chi connectivity index (χ4v) is 1.96. The van der Waals surface area contributed by atoms with Crippen molar-refractivity contribution < 1.29 is 9.13 Å². The quantitative estimate of drug-likeness (QED) is 0.842. The van der Waals surface area contributed by atoms with Gasteiger partial charge in [0.15, 0.2) is 0 Å². The Morgan fingerprint density at radius 1 is 1.53 bits per heavy atom. The lowest BCUT2D eigenvalue weighted by Gasteiger charge is -2.26. The molecule has 1 unspecified atom stereocenters. The van der Waals surface area contributed by atoms with Crippen molar-refractivity contribution in [3.63, 3.8) is 0 Å². The second-order valence-electron chi connectivity index (χ2n) is 3.52. The van der Waals surface area contributed by atoms with Gasteiger partial charge in [0.05, 0.1) is 12.6 Å². The highest BCUT2D eigenvalue weighted by molar-refractivity contribution is 5.85. The third kappa shape index (κ3) is 2.48. The molecule has 0 bridgehead atoms. The fourth-order valence-electron chi connectivity index (χ4n) is 1.96. The molecule has 0 aromatic heterocycles. The molecule has 1 aromatic carbocycles. The number of halogens is 2. The standard InChI is InChI=1S/C11H14FNO.ClH/c1-14-7-11-9-3-2-4-10(12)8(9)5-6-13-11;/h2-4,11,13H,5-7H2,1H3;1H. The number of ether oxygens (including phenoxy) is 1. The summed E-state index contributed by atoms with van der Waals surface area (Å²) in [5, 5.41) is 3.31. The van der Waals surface area contributed by atoms with Crippen molar-refractivity contribution in [2.75, 3.05) is 20.3 Å². The third-order valence-corrected chi connectivity index (χ3v) is 2.63. The summed E-state index contributed by atoms with van der Waals surface area (Å²) in [6, 6.07) is 5.38. The number of hydrogen-bond donors (Lipinski definition) is 1. The average Bonchev–Trinajstić information content (AvgIpc) is 2.20. The SMILES string of the molecule is COCC1NCCc2c(F)cccc21.Cl. The van der Waals surface area contributed by atoms with Crippen LogP contribution in [0.1, 0.15) is 17.2 Å². The second-order valence-corrected chi connectivity index (χ2v) is 3.52. The molecule has 84 valence electrons. The fraction of sp³-hybridized carbons (Fsp3) is 0.455. The first-order valence-electron chi connectivity index (χ1n) is 4.82. The lowest BCUT2D eigenvalue weighted by atomic mass is 9.94. The number of methoxy groups -OCH3 is 1. The maximum atomic E-state index is 13.4. The van der Waals surface area contributed by atoms with Gasteiger partial charge in [-0.1, -0.05) is 12.1 Å². The Morgan fingerprint density at radius 3 is 3.07 bits per heavy atom. The highest BCUT2D eigenvalue weighted by atomic mass is 35.5. The summed E-state index contributed by atoms with van der Waals surface area (Å²) in [7, 11) is 1.66. The second kappa shape index (κ2) is 5.45. The first-order valence-corrected chi connectivity index (χ1v) is 4.82. The molecule has 0 saturated carbocycles. The number of rotatable bonds is 2. The summed E-state index contributed by atoms with van der Waals surface area (Å²) in [4.78, 5) is 0. The van der Waals surface area contributed by atoms with Gasteiger partial charge in [0.2, 0.25) is 0 Å². The van der Waals surface area contributed by atoms with Crippen LogP contribution in [-0.2, 0) is 11.2 Å². The van der Waals surface area contributed by atoms with E-state index in [0.29, 0.717) is 6.61 Å². The highest BCUT2D eigenvalue weighted by Gasteiger charge is 2.21. The van der Waals surface area contributed by atoms with Crippen molar-refractivity contribution in [3.05, 3.63) is 35.1 Å². The van der Waals surface area contributed by atoms with E-state index in [4.69, 9.17) is 4.74 Å². The Balaban J connectivity index is 0.00000112. The molecule has 0 spiro atoms. The van der Waals surface area contributed by atoms with Crippen LogP contribution >= 0.6 is 12.4 Å². The maximum Gasteiger partial charge on any atom is 0.126 e. The van der Waals surface area contributed by atoms with Gasteiger partial charge in [0.25, 0.3) is 0 Å². The lowest BCUT2D eigenvalue weighted by molar-refractivity contribution is 0.164. The van der Waals surface area contributed by atoms with E-state index in [-0.39, 0.29) is 24.3 Å². The van der Waals surface area contributed by atoms with Crippen molar-refractivity contribution in [2.45, 2.75) is 12.5 Å². The molecule has 1 N–H and O–H groups in total. The van der Waals surface area contributed by atoms with Crippen LogP contribution in [0, 0.1) is 5.82 Å². The minimum atomic E-state index is -0.0925. The molecule has 1 atom stereocenters.